The van der Waals surface area contributed by atoms with Gasteiger partial charge in [-0.15, -0.1) is 0 Å². The molecule has 5 nitrogen and oxygen atoms in total. The second-order valence-electron chi connectivity index (χ2n) is 5.33. The maximum Gasteiger partial charge on any atom is 0.241 e. The van der Waals surface area contributed by atoms with Gasteiger partial charge in [0.05, 0.1) is 4.90 Å². The molecule has 0 unspecified atom stereocenters. The van der Waals surface area contributed by atoms with Crippen molar-refractivity contribution in [1.82, 2.24) is 14.7 Å². The van der Waals surface area contributed by atoms with E-state index in [4.69, 9.17) is 0 Å². The molecule has 0 bridgehead atoms. The number of hydrogen-bond acceptors (Lipinski definition) is 4. The Morgan fingerprint density at radius 3 is 2.38 bits per heavy atom. The van der Waals surface area contributed by atoms with E-state index in [1.807, 2.05) is 24.3 Å². The number of hydrogen-bond donors (Lipinski definition) is 1. The lowest BCUT2D eigenvalue weighted by atomic mass is 10.1. The third kappa shape index (κ3) is 4.04. The van der Waals surface area contributed by atoms with Crippen LogP contribution in [0, 0.1) is 0 Å². The van der Waals surface area contributed by atoms with Crippen LogP contribution in [0.25, 0.3) is 0 Å². The molecule has 0 aliphatic heterocycles. The number of sulfonamides is 1. The Morgan fingerprint density at radius 2 is 1.62 bits per heavy atom. The van der Waals surface area contributed by atoms with Gasteiger partial charge in [0.1, 0.15) is 0 Å². The van der Waals surface area contributed by atoms with E-state index in [2.05, 4.69) is 14.7 Å². The monoisotopic (exact) mass is 339 g/mol. The second kappa shape index (κ2) is 7.33. The molecular weight excluding hydrogens is 322 g/mol. The van der Waals surface area contributed by atoms with Crippen molar-refractivity contribution in [2.24, 2.45) is 0 Å². The van der Waals surface area contributed by atoms with Gasteiger partial charge >= 0.3 is 0 Å². The highest BCUT2D eigenvalue weighted by molar-refractivity contribution is 7.89. The Balaban J connectivity index is 1.82. The summed E-state index contributed by atoms with van der Waals surface area (Å²) >= 11 is 0. The van der Waals surface area contributed by atoms with E-state index in [0.717, 1.165) is 16.7 Å². The van der Waals surface area contributed by atoms with Crippen molar-refractivity contribution < 1.29 is 8.42 Å². The number of nitrogens with one attached hydrogen (secondary N) is 1. The summed E-state index contributed by atoms with van der Waals surface area (Å²) in [5.74, 6) is 0. The quantitative estimate of drug-likeness (QED) is 0.749. The maximum atomic E-state index is 12.7. The van der Waals surface area contributed by atoms with Crippen LogP contribution in [0.5, 0.6) is 0 Å². The SMILES string of the molecule is O=S(=O)(NCc1ccncc1)c1ccccc1Cc1cccnc1. The minimum Gasteiger partial charge on any atom is -0.265 e. The molecular formula is C18H17N3O2S. The van der Waals surface area contributed by atoms with Crippen LogP contribution in [0.15, 0.2) is 78.2 Å². The van der Waals surface area contributed by atoms with Crippen LogP contribution < -0.4 is 4.72 Å². The first-order valence-corrected chi connectivity index (χ1v) is 8.99. The predicted molar refractivity (Wildman–Crippen MR) is 91.7 cm³/mol. The first-order valence-electron chi connectivity index (χ1n) is 7.50. The van der Waals surface area contributed by atoms with E-state index in [1.165, 1.54) is 0 Å². The molecule has 1 aromatic carbocycles. The molecule has 0 aliphatic carbocycles. The van der Waals surface area contributed by atoms with Gasteiger partial charge in [-0.25, -0.2) is 13.1 Å². The molecule has 0 saturated carbocycles. The van der Waals surface area contributed by atoms with Crippen molar-refractivity contribution in [2.45, 2.75) is 17.9 Å². The Hall–Kier alpha value is -2.57. The van der Waals surface area contributed by atoms with E-state index in [-0.39, 0.29) is 6.54 Å². The molecule has 3 rings (SSSR count). The number of benzene rings is 1. The summed E-state index contributed by atoms with van der Waals surface area (Å²) in [6.07, 6.45) is 7.23. The van der Waals surface area contributed by atoms with Gasteiger partial charge in [-0.05, 0) is 41.0 Å². The average molecular weight is 339 g/mol. The van der Waals surface area contributed by atoms with Gasteiger partial charge in [0.2, 0.25) is 10.0 Å². The van der Waals surface area contributed by atoms with Crippen molar-refractivity contribution in [1.29, 1.82) is 0 Å². The molecule has 3 aromatic rings. The smallest absolute Gasteiger partial charge is 0.241 e. The molecule has 24 heavy (non-hydrogen) atoms. The van der Waals surface area contributed by atoms with E-state index >= 15 is 0 Å². The van der Waals surface area contributed by atoms with Gasteiger partial charge in [-0.1, -0.05) is 24.3 Å². The van der Waals surface area contributed by atoms with Crippen LogP contribution in [0.1, 0.15) is 16.7 Å². The first kappa shape index (κ1) is 16.3. The lowest BCUT2D eigenvalue weighted by Gasteiger charge is -2.11. The van der Waals surface area contributed by atoms with Gasteiger partial charge in [-0.3, -0.25) is 9.97 Å². The molecule has 0 amide bonds. The lowest BCUT2D eigenvalue weighted by molar-refractivity contribution is 0.580. The molecule has 0 spiro atoms. The van der Waals surface area contributed by atoms with Crippen molar-refractivity contribution in [3.63, 3.8) is 0 Å². The van der Waals surface area contributed by atoms with Gasteiger partial charge in [0.15, 0.2) is 0 Å². The average Bonchev–Trinajstić information content (AvgIpc) is 2.62. The van der Waals surface area contributed by atoms with Crippen molar-refractivity contribution in [3.05, 3.63) is 90.0 Å². The van der Waals surface area contributed by atoms with Crippen molar-refractivity contribution >= 4 is 10.0 Å². The number of pyridine rings is 2. The number of aromatic nitrogens is 2. The maximum absolute atomic E-state index is 12.7. The van der Waals surface area contributed by atoms with E-state index in [9.17, 15) is 8.42 Å². The minimum absolute atomic E-state index is 0.228. The van der Waals surface area contributed by atoms with Crippen molar-refractivity contribution in [3.8, 4) is 0 Å². The Morgan fingerprint density at radius 1 is 0.833 bits per heavy atom. The van der Waals surface area contributed by atoms with Crippen LogP contribution in [-0.4, -0.2) is 18.4 Å². The third-order valence-corrected chi connectivity index (χ3v) is 5.10. The molecule has 0 radical (unpaired) electrons. The zero-order chi connectivity index (χ0) is 16.8. The zero-order valence-corrected chi connectivity index (χ0v) is 13.8. The van der Waals surface area contributed by atoms with Crippen LogP contribution in [0.2, 0.25) is 0 Å². The summed E-state index contributed by atoms with van der Waals surface area (Å²) in [4.78, 5) is 8.30. The third-order valence-electron chi connectivity index (χ3n) is 3.60. The summed E-state index contributed by atoms with van der Waals surface area (Å²) in [7, 11) is -3.60. The molecule has 1 N–H and O–H groups in total. The lowest BCUT2D eigenvalue weighted by Crippen LogP contribution is -2.24. The number of rotatable bonds is 6. The van der Waals surface area contributed by atoms with E-state index in [1.54, 1.807) is 49.1 Å². The van der Waals surface area contributed by atoms with Crippen LogP contribution in [0.3, 0.4) is 0 Å². The number of nitrogens with zero attached hydrogens (tertiary/aromatic N) is 2. The summed E-state index contributed by atoms with van der Waals surface area (Å²) in [5.41, 5.74) is 2.57. The summed E-state index contributed by atoms with van der Waals surface area (Å²) in [6.45, 7) is 0.228. The molecule has 0 saturated heterocycles. The Kier molecular flexibility index (Phi) is 4.98. The molecule has 2 heterocycles. The Labute approximate surface area is 141 Å². The van der Waals surface area contributed by atoms with Crippen LogP contribution >= 0.6 is 0 Å². The van der Waals surface area contributed by atoms with Gasteiger partial charge in [-0.2, -0.15) is 0 Å². The van der Waals surface area contributed by atoms with E-state index < -0.39 is 10.0 Å². The molecule has 122 valence electrons. The predicted octanol–water partition coefficient (Wildman–Crippen LogP) is 2.55. The summed E-state index contributed by atoms with van der Waals surface area (Å²) < 4.78 is 28.0. The highest BCUT2D eigenvalue weighted by atomic mass is 32.2. The Bertz CT molecular complexity index is 898. The minimum atomic E-state index is -3.60. The standard InChI is InChI=1S/C18H17N3O2S/c22-24(23,21-14-15-7-10-19-11-8-15)18-6-2-1-5-17(18)12-16-4-3-9-20-13-16/h1-11,13,21H,12,14H2. The topological polar surface area (TPSA) is 72.0 Å². The second-order valence-corrected chi connectivity index (χ2v) is 7.06. The molecule has 6 heteroatoms. The summed E-state index contributed by atoms with van der Waals surface area (Å²) in [5, 5.41) is 0. The molecule has 0 fully saturated rings. The highest BCUT2D eigenvalue weighted by Crippen LogP contribution is 2.19. The fourth-order valence-corrected chi connectivity index (χ4v) is 3.65. The molecule has 0 aliphatic rings. The van der Waals surface area contributed by atoms with Gasteiger partial charge < -0.3 is 0 Å². The van der Waals surface area contributed by atoms with Gasteiger partial charge in [0.25, 0.3) is 0 Å². The zero-order valence-electron chi connectivity index (χ0n) is 13.0. The molecule has 2 aromatic heterocycles. The fraction of sp³-hybridized carbons (Fsp3) is 0.111. The largest absolute Gasteiger partial charge is 0.265 e. The molecule has 0 atom stereocenters. The van der Waals surface area contributed by atoms with Crippen molar-refractivity contribution in [2.75, 3.05) is 0 Å². The van der Waals surface area contributed by atoms with Crippen LogP contribution in [0.4, 0.5) is 0 Å². The fourth-order valence-electron chi connectivity index (χ4n) is 2.39. The highest BCUT2D eigenvalue weighted by Gasteiger charge is 2.18. The summed E-state index contributed by atoms with van der Waals surface area (Å²) in [6, 6.07) is 14.4. The first-order chi connectivity index (χ1) is 11.6. The normalized spacial score (nSPS) is 11.3. The van der Waals surface area contributed by atoms with Crippen LogP contribution in [-0.2, 0) is 23.0 Å². The van der Waals surface area contributed by atoms with E-state index in [0.29, 0.717) is 11.3 Å². The van der Waals surface area contributed by atoms with Gasteiger partial charge in [0, 0.05) is 37.8 Å².